The second-order valence-corrected chi connectivity index (χ2v) is 14.7. The van der Waals surface area contributed by atoms with E-state index in [0.717, 1.165) is 5.56 Å². The van der Waals surface area contributed by atoms with Gasteiger partial charge in [0.05, 0.1) is 11.7 Å². The Hall–Kier alpha value is -3.97. The monoisotopic (exact) mass is 573 g/mol. The second-order valence-electron chi connectivity index (χ2n) is 12.5. The molecule has 0 spiro atoms. The van der Waals surface area contributed by atoms with Gasteiger partial charge in [0.15, 0.2) is 11.2 Å². The van der Waals surface area contributed by atoms with Gasteiger partial charge in [0, 0.05) is 53.8 Å². The van der Waals surface area contributed by atoms with Crippen molar-refractivity contribution >= 4 is 44.1 Å². The summed E-state index contributed by atoms with van der Waals surface area (Å²) < 4.78 is 23.7. The minimum Gasteiger partial charge on any atom is -0.408 e. The van der Waals surface area contributed by atoms with E-state index < -0.39 is 21.4 Å². The van der Waals surface area contributed by atoms with Crippen molar-refractivity contribution in [2.24, 2.45) is 48.0 Å². The number of hydrogen-bond donors (Lipinski definition) is 3. The fraction of sp³-hybridized carbons (Fsp3) is 0.429. The molecule has 6 fully saturated rings. The van der Waals surface area contributed by atoms with Gasteiger partial charge in [0.2, 0.25) is 0 Å². The molecule has 2 amide bonds. The van der Waals surface area contributed by atoms with Crippen LogP contribution in [0.4, 0.5) is 0 Å². The lowest BCUT2D eigenvalue weighted by Gasteiger charge is -3.11. The number of fused-ring (bicyclic) bond motifs is 2. The summed E-state index contributed by atoms with van der Waals surface area (Å²) in [5, 5.41) is 10.2. The van der Waals surface area contributed by atoms with Gasteiger partial charge >= 0.3 is 5.76 Å². The third-order valence-electron chi connectivity index (χ3n) is 10.9. The molecule has 4 aromatic rings. The Kier molecular flexibility index (Phi) is 4.09. The summed E-state index contributed by atoms with van der Waals surface area (Å²) in [6.07, 6.45) is 3.22. The van der Waals surface area contributed by atoms with Gasteiger partial charge < -0.3 is 15.1 Å². The normalized spacial score (nSPS) is 35.8. The zero-order chi connectivity index (χ0) is 28.2. The van der Waals surface area contributed by atoms with Crippen molar-refractivity contribution in [3.05, 3.63) is 64.0 Å². The first-order valence-electron chi connectivity index (χ1n) is 13.7. The van der Waals surface area contributed by atoms with Crippen LogP contribution in [-0.2, 0) is 23.3 Å². The van der Waals surface area contributed by atoms with Crippen molar-refractivity contribution in [3.63, 3.8) is 0 Å². The lowest BCUT2D eigenvalue weighted by Crippen LogP contribution is -3.15. The zero-order valence-electron chi connectivity index (χ0n) is 22.3. The maximum atomic E-state index is 13.4. The molecule has 1 aromatic carbocycles. The lowest BCUT2D eigenvalue weighted by atomic mass is 8.94. The van der Waals surface area contributed by atoms with Crippen LogP contribution in [0.1, 0.15) is 26.5 Å². The third kappa shape index (κ3) is 2.55. The Bertz CT molecular complexity index is 2000. The molecule has 6 aliphatic carbocycles. The third-order valence-corrected chi connectivity index (χ3v) is 11.7. The summed E-state index contributed by atoms with van der Waals surface area (Å²) in [5.74, 6) is 6.09. The molecule has 3 aromatic heterocycles. The van der Waals surface area contributed by atoms with Crippen molar-refractivity contribution in [2.45, 2.75) is 12.1 Å². The molecule has 3 N–H and O–H groups in total. The molecule has 41 heavy (non-hydrogen) atoms. The van der Waals surface area contributed by atoms with E-state index in [4.69, 9.17) is 4.42 Å². The Morgan fingerprint density at radius 1 is 1.07 bits per heavy atom. The quantitative estimate of drug-likeness (QED) is 0.254. The number of rotatable bonds is 8. The average molecular weight is 574 g/mol. The number of hydrogen-bond acceptors (Lipinski definition) is 7. The molecule has 6 aliphatic rings. The number of carbonyl (C=O) groups is 2. The number of oxazole rings is 1. The summed E-state index contributed by atoms with van der Waals surface area (Å²) in [6.45, 7) is 0.804. The maximum Gasteiger partial charge on any atom is 0.419 e. The summed E-state index contributed by atoms with van der Waals surface area (Å²) in [4.78, 5) is 42.7. The number of amides is 2. The van der Waals surface area contributed by atoms with Gasteiger partial charge in [0.1, 0.15) is 11.4 Å². The Morgan fingerprint density at radius 3 is 2.51 bits per heavy atom. The van der Waals surface area contributed by atoms with Gasteiger partial charge in [-0.25, -0.2) is 19.0 Å². The van der Waals surface area contributed by atoms with Crippen molar-refractivity contribution in [2.75, 3.05) is 12.8 Å². The highest BCUT2D eigenvalue weighted by Gasteiger charge is 3.09. The van der Waals surface area contributed by atoms with Crippen molar-refractivity contribution in [3.8, 4) is 0 Å². The molecule has 13 heteroatoms. The molecule has 0 saturated heterocycles. The van der Waals surface area contributed by atoms with E-state index in [-0.39, 0.29) is 34.8 Å². The molecule has 10 rings (SSSR count). The first-order valence-corrected chi connectivity index (χ1v) is 15.8. The topological polar surface area (TPSA) is 153 Å². The van der Waals surface area contributed by atoms with Crippen LogP contribution in [0.25, 0.3) is 16.7 Å². The van der Waals surface area contributed by atoms with Gasteiger partial charge in [-0.15, -0.1) is 0 Å². The molecule has 3 heterocycles. The van der Waals surface area contributed by atoms with Crippen LogP contribution in [0.2, 0.25) is 0 Å². The van der Waals surface area contributed by atoms with Gasteiger partial charge in [-0.3, -0.25) is 18.4 Å². The smallest absolute Gasteiger partial charge is 0.408 e. The van der Waals surface area contributed by atoms with Crippen molar-refractivity contribution < 1.29 is 18.2 Å². The highest BCUT2D eigenvalue weighted by atomic mass is 32.2. The van der Waals surface area contributed by atoms with Crippen LogP contribution in [0.15, 0.2) is 45.7 Å². The largest absolute Gasteiger partial charge is 0.419 e. The van der Waals surface area contributed by atoms with E-state index in [2.05, 4.69) is 31.3 Å². The first-order chi connectivity index (χ1) is 19.6. The average Bonchev–Trinajstić information content (AvgIpc) is 3.53. The van der Waals surface area contributed by atoms with Gasteiger partial charge in [-0.05, 0) is 64.5 Å². The van der Waals surface area contributed by atoms with Crippen LogP contribution < -0.4 is 21.1 Å². The fourth-order valence-corrected chi connectivity index (χ4v) is 10.9. The minimum absolute atomic E-state index is 0.0504. The van der Waals surface area contributed by atoms with Crippen molar-refractivity contribution in [1.82, 2.24) is 34.5 Å². The maximum absolute atomic E-state index is 13.4. The van der Waals surface area contributed by atoms with E-state index in [1.54, 1.807) is 43.8 Å². The number of benzene rings is 1. The summed E-state index contributed by atoms with van der Waals surface area (Å²) in [5.41, 5.74) is 2.88. The Balaban J connectivity index is 0.905. The Morgan fingerprint density at radius 2 is 1.80 bits per heavy atom. The number of aryl methyl sites for hydroxylation is 1. The van der Waals surface area contributed by atoms with E-state index in [9.17, 15) is 18.6 Å². The summed E-state index contributed by atoms with van der Waals surface area (Å²) in [6, 6.07) is 8.38. The van der Waals surface area contributed by atoms with E-state index >= 15 is 0 Å². The SMILES string of the molecule is C=S(C)(=O)NC12C3C4C1C1C2C3C41CNC(=O)c1cc(C(=O)NCc2ccc3oc(=O)n(C)c3c2)nc2ccnn12. The minimum atomic E-state index is -2.24. The Labute approximate surface area is 233 Å². The second kappa shape index (κ2) is 7.08. The van der Waals surface area contributed by atoms with Crippen LogP contribution in [0.5, 0.6) is 0 Å². The zero-order valence-corrected chi connectivity index (χ0v) is 23.1. The predicted octanol–water partition coefficient (Wildman–Crippen LogP) is 0.175. The van der Waals surface area contributed by atoms with Gasteiger partial charge in [-0.2, -0.15) is 5.10 Å². The van der Waals surface area contributed by atoms with Crippen LogP contribution in [0.3, 0.4) is 0 Å². The van der Waals surface area contributed by atoms with Crippen LogP contribution in [0, 0.1) is 40.9 Å². The van der Waals surface area contributed by atoms with E-state index in [1.807, 2.05) is 0 Å². The molecule has 1 unspecified atom stereocenters. The van der Waals surface area contributed by atoms with E-state index in [1.165, 1.54) is 15.1 Å². The van der Waals surface area contributed by atoms with Crippen LogP contribution in [-0.4, -0.2) is 59.4 Å². The van der Waals surface area contributed by atoms with Crippen molar-refractivity contribution in [1.29, 1.82) is 0 Å². The summed E-state index contributed by atoms with van der Waals surface area (Å²) in [7, 11) is -0.617. The molecule has 0 radical (unpaired) electrons. The highest BCUT2D eigenvalue weighted by Crippen LogP contribution is 3.06. The lowest BCUT2D eigenvalue weighted by molar-refractivity contribution is -0.621. The molecule has 0 bridgehead atoms. The van der Waals surface area contributed by atoms with Gasteiger partial charge in [-0.1, -0.05) is 6.07 Å². The molecule has 12 nitrogen and oxygen atoms in total. The molecule has 6 saturated carbocycles. The molecular weight excluding hydrogens is 546 g/mol. The number of carbonyl (C=O) groups excluding carboxylic acids is 2. The predicted molar refractivity (Wildman–Crippen MR) is 148 cm³/mol. The standard InChI is InChI=1S/C28H27N7O5S/c1-34-14-8-12(4-5-16(14)40-26(34)38)10-29-24(36)13-9-15(35-17(32-13)6-7-31-35)25(37)30-11-27-18-21-19(27)23-20(27)22(18)28(21,23)33-41(2,3)39/h4-9,18-23H,2,10-11H2,1,3H3,(H,29,36)(H,30,37)(H,33,39). The number of aromatic nitrogens is 4. The van der Waals surface area contributed by atoms with E-state index in [0.29, 0.717) is 58.8 Å². The first kappa shape index (κ1) is 23.7. The molecule has 210 valence electrons. The fourth-order valence-electron chi connectivity index (χ4n) is 9.75. The highest BCUT2D eigenvalue weighted by molar-refractivity contribution is 7.97. The summed E-state index contributed by atoms with van der Waals surface area (Å²) >= 11 is 0. The van der Waals surface area contributed by atoms with Gasteiger partial charge in [0.25, 0.3) is 11.8 Å². The van der Waals surface area contributed by atoms with Crippen LogP contribution >= 0.6 is 0 Å². The molecule has 1 atom stereocenters. The number of nitrogens with one attached hydrogen (secondary N) is 3. The molecular formula is C28H27N7O5S. The number of nitrogens with zero attached hydrogens (tertiary/aromatic N) is 4. The molecule has 0 aliphatic heterocycles.